The van der Waals surface area contributed by atoms with Crippen LogP contribution in [0.3, 0.4) is 0 Å². The lowest BCUT2D eigenvalue weighted by Crippen LogP contribution is -2.28. The van der Waals surface area contributed by atoms with Crippen LogP contribution in [-0.4, -0.2) is 28.2 Å². The zero-order valence-electron chi connectivity index (χ0n) is 8.51. The number of hydrogen-bond donors (Lipinski definition) is 1. The summed E-state index contributed by atoms with van der Waals surface area (Å²) in [5, 5.41) is 3.19. The van der Waals surface area contributed by atoms with E-state index >= 15 is 0 Å². The first-order chi connectivity index (χ1) is 7.34. The van der Waals surface area contributed by atoms with Gasteiger partial charge < -0.3 is 5.43 Å². The van der Waals surface area contributed by atoms with Gasteiger partial charge >= 0.3 is 0 Å². The average Bonchev–Trinajstić information content (AvgIpc) is 2.83. The first-order valence-electron chi connectivity index (χ1n) is 4.95. The van der Waals surface area contributed by atoms with Crippen molar-refractivity contribution in [2.75, 3.05) is 13.6 Å². The number of likely N-dealkylation sites (N-methyl/N-ethyl adjacent to an activating group) is 1. The minimum Gasteiger partial charge on any atom is -0.304 e. The lowest BCUT2D eigenvalue weighted by Gasteiger charge is -2.12. The standard InChI is InChI=1S/C11H12N4/c1-14-7-5-10(13-14)15-8-4-9-3-2-6-12-11(9)15/h2-6,8,13H,7H2,1H3. The Morgan fingerprint density at radius 3 is 3.13 bits per heavy atom. The molecular formula is C11H12N4. The van der Waals surface area contributed by atoms with Gasteiger partial charge in [0.05, 0.1) is 0 Å². The highest BCUT2D eigenvalue weighted by Crippen LogP contribution is 2.17. The summed E-state index contributed by atoms with van der Waals surface area (Å²) < 4.78 is 2.07. The van der Waals surface area contributed by atoms with E-state index in [-0.39, 0.29) is 0 Å². The quantitative estimate of drug-likeness (QED) is 0.753. The van der Waals surface area contributed by atoms with E-state index in [1.54, 1.807) is 0 Å². The minimum absolute atomic E-state index is 0.918. The molecule has 0 saturated heterocycles. The van der Waals surface area contributed by atoms with Crippen molar-refractivity contribution in [2.24, 2.45) is 0 Å². The predicted octanol–water partition coefficient (Wildman–Crippen LogP) is 1.28. The highest BCUT2D eigenvalue weighted by molar-refractivity contribution is 5.79. The fraction of sp³-hybridized carbons (Fsp3) is 0.182. The monoisotopic (exact) mass is 200 g/mol. The van der Waals surface area contributed by atoms with Crippen LogP contribution in [0.1, 0.15) is 0 Å². The van der Waals surface area contributed by atoms with E-state index in [2.05, 4.69) is 33.2 Å². The molecule has 3 rings (SSSR count). The summed E-state index contributed by atoms with van der Waals surface area (Å²) in [5.41, 5.74) is 4.26. The maximum atomic E-state index is 4.37. The summed E-state index contributed by atoms with van der Waals surface area (Å²) in [6.07, 6.45) is 6.00. The molecule has 3 heterocycles. The van der Waals surface area contributed by atoms with Crippen molar-refractivity contribution >= 4 is 16.9 Å². The topological polar surface area (TPSA) is 33.1 Å². The van der Waals surface area contributed by atoms with Gasteiger partial charge in [0.1, 0.15) is 11.5 Å². The summed E-state index contributed by atoms with van der Waals surface area (Å²) in [6, 6.07) is 6.09. The molecule has 0 radical (unpaired) electrons. The van der Waals surface area contributed by atoms with Gasteiger partial charge in [-0.2, -0.15) is 0 Å². The largest absolute Gasteiger partial charge is 0.304 e. The number of aromatic nitrogens is 2. The molecule has 1 aliphatic heterocycles. The van der Waals surface area contributed by atoms with Crippen molar-refractivity contribution < 1.29 is 0 Å². The first kappa shape index (κ1) is 8.49. The van der Waals surface area contributed by atoms with Crippen LogP contribution < -0.4 is 5.43 Å². The highest BCUT2D eigenvalue weighted by Gasteiger charge is 2.12. The zero-order valence-corrected chi connectivity index (χ0v) is 8.51. The van der Waals surface area contributed by atoms with Gasteiger partial charge in [-0.15, -0.1) is 0 Å². The van der Waals surface area contributed by atoms with Crippen molar-refractivity contribution in [1.29, 1.82) is 0 Å². The molecule has 2 aromatic rings. The van der Waals surface area contributed by atoms with E-state index in [1.165, 1.54) is 0 Å². The fourth-order valence-corrected chi connectivity index (χ4v) is 1.82. The Kier molecular flexibility index (Phi) is 1.76. The zero-order chi connectivity index (χ0) is 10.3. The van der Waals surface area contributed by atoms with Gasteiger partial charge in [-0.1, -0.05) is 0 Å². The third-order valence-corrected chi connectivity index (χ3v) is 2.57. The maximum absolute atomic E-state index is 4.37. The van der Waals surface area contributed by atoms with Gasteiger partial charge in [0.15, 0.2) is 0 Å². The number of fused-ring (bicyclic) bond motifs is 1. The summed E-state index contributed by atoms with van der Waals surface area (Å²) in [4.78, 5) is 4.37. The van der Waals surface area contributed by atoms with Crippen molar-refractivity contribution in [1.82, 2.24) is 20.0 Å². The Morgan fingerprint density at radius 2 is 2.33 bits per heavy atom. The lowest BCUT2D eigenvalue weighted by atomic mass is 10.3. The van der Waals surface area contributed by atoms with Crippen LogP contribution in [0.5, 0.6) is 0 Å². The van der Waals surface area contributed by atoms with Gasteiger partial charge in [-0.05, 0) is 24.3 Å². The summed E-state index contributed by atoms with van der Waals surface area (Å²) in [5.74, 6) is 1.08. The molecule has 0 atom stereocenters. The molecular weight excluding hydrogens is 188 g/mol. The molecule has 0 spiro atoms. The molecule has 0 amide bonds. The summed E-state index contributed by atoms with van der Waals surface area (Å²) in [6.45, 7) is 0.918. The Morgan fingerprint density at radius 1 is 1.40 bits per heavy atom. The van der Waals surface area contributed by atoms with Crippen molar-refractivity contribution in [3.63, 3.8) is 0 Å². The molecule has 4 nitrogen and oxygen atoms in total. The molecule has 0 aliphatic carbocycles. The van der Waals surface area contributed by atoms with Crippen LogP contribution in [0.15, 0.2) is 36.7 Å². The van der Waals surface area contributed by atoms with Gasteiger partial charge in [-0.3, -0.25) is 4.57 Å². The predicted molar refractivity (Wildman–Crippen MR) is 59.8 cm³/mol. The Balaban J connectivity index is 2.12. The van der Waals surface area contributed by atoms with Gasteiger partial charge in [0.25, 0.3) is 0 Å². The second-order valence-electron chi connectivity index (χ2n) is 3.68. The second-order valence-corrected chi connectivity index (χ2v) is 3.68. The number of pyridine rings is 1. The molecule has 0 unspecified atom stereocenters. The number of hydrogen-bond acceptors (Lipinski definition) is 3. The minimum atomic E-state index is 0.918. The summed E-state index contributed by atoms with van der Waals surface area (Å²) in [7, 11) is 2.02. The molecule has 76 valence electrons. The average molecular weight is 200 g/mol. The summed E-state index contributed by atoms with van der Waals surface area (Å²) >= 11 is 0. The van der Waals surface area contributed by atoms with Gasteiger partial charge in [0, 0.05) is 31.4 Å². The van der Waals surface area contributed by atoms with Crippen LogP contribution in [0, 0.1) is 0 Å². The van der Waals surface area contributed by atoms with E-state index in [0.29, 0.717) is 0 Å². The van der Waals surface area contributed by atoms with Crippen molar-refractivity contribution in [2.45, 2.75) is 0 Å². The van der Waals surface area contributed by atoms with Crippen molar-refractivity contribution in [3.8, 4) is 0 Å². The molecule has 2 aromatic heterocycles. The number of hydrazine groups is 1. The SMILES string of the molecule is CN1CC=C(n2ccc3cccnc32)N1. The number of nitrogens with one attached hydrogen (secondary N) is 1. The van der Waals surface area contributed by atoms with Crippen LogP contribution in [-0.2, 0) is 0 Å². The normalized spacial score (nSPS) is 16.7. The third-order valence-electron chi connectivity index (χ3n) is 2.57. The van der Waals surface area contributed by atoms with Crippen molar-refractivity contribution in [3.05, 3.63) is 36.7 Å². The first-order valence-corrected chi connectivity index (χ1v) is 4.95. The Bertz CT molecular complexity index is 526. The lowest BCUT2D eigenvalue weighted by molar-refractivity contribution is 0.333. The molecule has 1 N–H and O–H groups in total. The van der Waals surface area contributed by atoms with Gasteiger partial charge in [-0.25, -0.2) is 9.99 Å². The fourth-order valence-electron chi connectivity index (χ4n) is 1.82. The third kappa shape index (κ3) is 1.30. The molecule has 4 heteroatoms. The molecule has 1 aliphatic rings. The van der Waals surface area contributed by atoms with E-state index in [4.69, 9.17) is 0 Å². The molecule has 0 aromatic carbocycles. The Hall–Kier alpha value is -1.81. The van der Waals surface area contributed by atoms with E-state index < -0.39 is 0 Å². The van der Waals surface area contributed by atoms with E-state index in [9.17, 15) is 0 Å². The molecule has 0 saturated carbocycles. The molecule has 0 fully saturated rings. The number of nitrogens with zero attached hydrogens (tertiary/aromatic N) is 3. The van der Waals surface area contributed by atoms with E-state index in [1.807, 2.05) is 30.5 Å². The maximum Gasteiger partial charge on any atom is 0.145 e. The van der Waals surface area contributed by atoms with Crippen LogP contribution >= 0.6 is 0 Å². The van der Waals surface area contributed by atoms with Crippen LogP contribution in [0.25, 0.3) is 16.9 Å². The second kappa shape index (κ2) is 3.10. The van der Waals surface area contributed by atoms with E-state index in [0.717, 1.165) is 23.4 Å². The highest BCUT2D eigenvalue weighted by atomic mass is 15.5. The molecule has 15 heavy (non-hydrogen) atoms. The van der Waals surface area contributed by atoms with Gasteiger partial charge in [0.2, 0.25) is 0 Å². The number of rotatable bonds is 1. The Labute approximate surface area is 87.8 Å². The smallest absolute Gasteiger partial charge is 0.145 e. The molecule has 0 bridgehead atoms. The van der Waals surface area contributed by atoms with Crippen LogP contribution in [0.2, 0.25) is 0 Å². The van der Waals surface area contributed by atoms with Crippen LogP contribution in [0.4, 0.5) is 0 Å².